The zero-order valence-electron chi connectivity index (χ0n) is 10.5. The van der Waals surface area contributed by atoms with Crippen molar-refractivity contribution in [3.05, 3.63) is 28.6 Å². The molecule has 5 nitrogen and oxygen atoms in total. The Bertz CT molecular complexity index is 636. The van der Waals surface area contributed by atoms with Gasteiger partial charge in [0.05, 0.1) is 17.0 Å². The molecule has 1 atom stereocenters. The van der Waals surface area contributed by atoms with Gasteiger partial charge >= 0.3 is 5.97 Å². The van der Waals surface area contributed by atoms with Gasteiger partial charge in [-0.3, -0.25) is 9.59 Å². The lowest BCUT2D eigenvalue weighted by molar-refractivity contribution is -0.141. The first-order valence-corrected chi connectivity index (χ1v) is 7.86. The molecule has 0 spiro atoms. The summed E-state index contributed by atoms with van der Waals surface area (Å²) in [5.41, 5.74) is 0. The second kappa shape index (κ2) is 5.34. The van der Waals surface area contributed by atoms with Crippen LogP contribution in [0.25, 0.3) is 9.88 Å². The summed E-state index contributed by atoms with van der Waals surface area (Å²) < 4.78 is 0. The number of hydrogen-bond donors (Lipinski definition) is 1. The van der Waals surface area contributed by atoms with Crippen LogP contribution in [-0.2, 0) is 4.79 Å². The minimum atomic E-state index is -0.830. The number of aromatic nitrogens is 1. The molecule has 1 aliphatic heterocycles. The van der Waals surface area contributed by atoms with Crippen LogP contribution in [0.3, 0.4) is 0 Å². The minimum Gasteiger partial charge on any atom is -0.481 e. The molecule has 0 saturated carbocycles. The minimum absolute atomic E-state index is 0.117. The highest BCUT2D eigenvalue weighted by Crippen LogP contribution is 2.30. The fraction of sp³-hybridized carbons (Fsp3) is 0.308. The van der Waals surface area contributed by atoms with Crippen molar-refractivity contribution in [1.29, 1.82) is 0 Å². The Labute approximate surface area is 123 Å². The van der Waals surface area contributed by atoms with Crippen LogP contribution in [0, 0.1) is 5.92 Å². The van der Waals surface area contributed by atoms with Gasteiger partial charge in [-0.05, 0) is 17.9 Å². The highest BCUT2D eigenvalue weighted by molar-refractivity contribution is 7.21. The second-order valence-corrected chi connectivity index (χ2v) is 6.56. The zero-order valence-corrected chi connectivity index (χ0v) is 12.1. The molecule has 1 fully saturated rings. The number of likely N-dealkylation sites (tertiary alicyclic amines) is 1. The molecule has 0 bridgehead atoms. The van der Waals surface area contributed by atoms with Crippen LogP contribution in [0.4, 0.5) is 0 Å². The summed E-state index contributed by atoms with van der Waals surface area (Å²) in [6.07, 6.45) is 2.10. The predicted molar refractivity (Wildman–Crippen MR) is 77.1 cm³/mol. The van der Waals surface area contributed by atoms with E-state index in [-0.39, 0.29) is 5.91 Å². The molecular weight excluding hydrogens is 296 g/mol. The van der Waals surface area contributed by atoms with Gasteiger partial charge in [0.15, 0.2) is 0 Å². The summed E-state index contributed by atoms with van der Waals surface area (Å²) >= 11 is 2.94. The first-order chi connectivity index (χ1) is 9.65. The van der Waals surface area contributed by atoms with Crippen LogP contribution in [0.2, 0.25) is 0 Å². The van der Waals surface area contributed by atoms with Crippen molar-refractivity contribution < 1.29 is 14.7 Å². The van der Waals surface area contributed by atoms with Gasteiger partial charge < -0.3 is 10.0 Å². The monoisotopic (exact) mass is 308 g/mol. The van der Waals surface area contributed by atoms with Crippen LogP contribution in [0.5, 0.6) is 0 Å². The topological polar surface area (TPSA) is 70.5 Å². The van der Waals surface area contributed by atoms with E-state index in [4.69, 9.17) is 5.11 Å². The smallest absolute Gasteiger partial charge is 0.308 e. The van der Waals surface area contributed by atoms with Crippen molar-refractivity contribution in [3.8, 4) is 9.88 Å². The van der Waals surface area contributed by atoms with Gasteiger partial charge in [-0.2, -0.15) is 0 Å². The number of carboxylic acid groups (broad SMARTS) is 1. The van der Waals surface area contributed by atoms with E-state index in [0.717, 1.165) is 9.88 Å². The molecule has 0 unspecified atom stereocenters. The molecule has 1 saturated heterocycles. The molecule has 3 rings (SSSR count). The highest BCUT2D eigenvalue weighted by Gasteiger charge is 2.32. The Hall–Kier alpha value is -1.73. The fourth-order valence-corrected chi connectivity index (χ4v) is 3.88. The molecule has 1 aliphatic rings. The molecule has 0 aromatic carbocycles. The quantitative estimate of drug-likeness (QED) is 0.945. The van der Waals surface area contributed by atoms with Crippen LogP contribution in [-0.4, -0.2) is 40.0 Å². The van der Waals surface area contributed by atoms with E-state index in [0.29, 0.717) is 24.4 Å². The third kappa shape index (κ3) is 2.46. The Morgan fingerprint density at radius 1 is 1.45 bits per heavy atom. The average Bonchev–Trinajstić information content (AvgIpc) is 3.17. The number of carboxylic acids is 1. The third-order valence-electron chi connectivity index (χ3n) is 3.27. The number of aliphatic carboxylic acids is 1. The summed E-state index contributed by atoms with van der Waals surface area (Å²) in [4.78, 5) is 30.7. The Morgan fingerprint density at radius 3 is 2.95 bits per heavy atom. The van der Waals surface area contributed by atoms with Crippen LogP contribution < -0.4 is 0 Å². The van der Waals surface area contributed by atoms with Gasteiger partial charge in [-0.1, -0.05) is 6.07 Å². The van der Waals surface area contributed by atoms with Crippen molar-refractivity contribution in [2.75, 3.05) is 13.1 Å². The maximum Gasteiger partial charge on any atom is 0.308 e. The van der Waals surface area contributed by atoms with Crippen molar-refractivity contribution in [3.63, 3.8) is 0 Å². The summed E-state index contributed by atoms with van der Waals surface area (Å²) in [5, 5.41) is 11.8. The van der Waals surface area contributed by atoms with Gasteiger partial charge in [0.2, 0.25) is 0 Å². The van der Waals surface area contributed by atoms with Gasteiger partial charge in [-0.25, -0.2) is 4.98 Å². The standard InChI is InChI=1S/C13H12N2O3S2/c16-12(15-4-3-8(7-15)13(17)18)10-6-14-11(20-10)9-2-1-5-19-9/h1-2,5-6,8H,3-4,7H2,(H,17,18)/t8-/m1/s1. The van der Waals surface area contributed by atoms with E-state index < -0.39 is 11.9 Å². The first-order valence-electron chi connectivity index (χ1n) is 6.17. The molecule has 1 N–H and O–H groups in total. The molecule has 104 valence electrons. The lowest BCUT2D eigenvalue weighted by Crippen LogP contribution is -2.29. The molecule has 0 radical (unpaired) electrons. The number of thiazole rings is 1. The third-order valence-corrected chi connectivity index (χ3v) is 5.30. The second-order valence-electron chi connectivity index (χ2n) is 4.58. The molecular formula is C13H12N2O3S2. The molecule has 20 heavy (non-hydrogen) atoms. The molecule has 3 heterocycles. The van der Waals surface area contributed by atoms with Gasteiger partial charge in [0.1, 0.15) is 9.88 Å². The summed E-state index contributed by atoms with van der Waals surface area (Å²) in [5.74, 6) is -1.39. The van der Waals surface area contributed by atoms with Crippen molar-refractivity contribution in [2.24, 2.45) is 5.92 Å². The Morgan fingerprint density at radius 2 is 2.30 bits per heavy atom. The van der Waals surface area contributed by atoms with E-state index in [2.05, 4.69) is 4.98 Å². The molecule has 2 aromatic rings. The number of rotatable bonds is 3. The number of carbonyl (C=O) groups excluding carboxylic acids is 1. The SMILES string of the molecule is O=C(O)[C@@H]1CCN(C(=O)c2cnc(-c3cccs3)s2)C1. The molecule has 1 amide bonds. The predicted octanol–water partition coefficient (Wildman–Crippen LogP) is 2.42. The lowest BCUT2D eigenvalue weighted by Gasteiger charge is -2.13. The van der Waals surface area contributed by atoms with E-state index in [1.54, 1.807) is 22.4 Å². The average molecular weight is 308 g/mol. The maximum atomic E-state index is 12.3. The summed E-state index contributed by atoms with van der Waals surface area (Å²) in [7, 11) is 0. The molecule has 0 aliphatic carbocycles. The van der Waals surface area contributed by atoms with Crippen LogP contribution in [0.1, 0.15) is 16.1 Å². The van der Waals surface area contributed by atoms with Crippen molar-refractivity contribution in [1.82, 2.24) is 9.88 Å². The van der Waals surface area contributed by atoms with Crippen molar-refractivity contribution in [2.45, 2.75) is 6.42 Å². The lowest BCUT2D eigenvalue weighted by atomic mass is 10.1. The normalized spacial score (nSPS) is 18.4. The van der Waals surface area contributed by atoms with Gasteiger partial charge in [-0.15, -0.1) is 22.7 Å². The first kappa shape index (κ1) is 13.3. The van der Waals surface area contributed by atoms with E-state index >= 15 is 0 Å². The zero-order chi connectivity index (χ0) is 14.1. The van der Waals surface area contributed by atoms with Crippen molar-refractivity contribution >= 4 is 34.6 Å². The number of thiophene rings is 1. The van der Waals surface area contributed by atoms with E-state index in [1.165, 1.54) is 11.3 Å². The van der Waals surface area contributed by atoms with Crippen LogP contribution in [0.15, 0.2) is 23.7 Å². The largest absolute Gasteiger partial charge is 0.481 e. The van der Waals surface area contributed by atoms with E-state index in [1.807, 2.05) is 17.5 Å². The van der Waals surface area contributed by atoms with E-state index in [9.17, 15) is 9.59 Å². The highest BCUT2D eigenvalue weighted by atomic mass is 32.1. The number of nitrogens with zero attached hydrogens (tertiary/aromatic N) is 2. The number of amides is 1. The number of hydrogen-bond acceptors (Lipinski definition) is 5. The Kier molecular flexibility index (Phi) is 3.54. The van der Waals surface area contributed by atoms with Crippen LogP contribution >= 0.6 is 22.7 Å². The summed E-state index contributed by atoms with van der Waals surface area (Å²) in [6.45, 7) is 0.794. The molecule has 2 aromatic heterocycles. The molecule has 7 heteroatoms. The van der Waals surface area contributed by atoms with Gasteiger partial charge in [0, 0.05) is 13.1 Å². The maximum absolute atomic E-state index is 12.3. The number of carbonyl (C=O) groups is 2. The fourth-order valence-electron chi connectivity index (χ4n) is 2.19. The summed E-state index contributed by atoms with van der Waals surface area (Å²) in [6, 6.07) is 3.91. The van der Waals surface area contributed by atoms with Gasteiger partial charge in [0.25, 0.3) is 5.91 Å². The Balaban J connectivity index is 1.74.